The SMILES string of the molecule is CCc1ccc(C(N)Cn2ncc3ccccc3c2=O)cc1. The molecule has 1 aromatic heterocycles. The summed E-state index contributed by atoms with van der Waals surface area (Å²) in [4.78, 5) is 12.4. The Kier molecular flexibility index (Phi) is 4.02. The van der Waals surface area contributed by atoms with Gasteiger partial charge in [-0.1, -0.05) is 49.4 Å². The highest BCUT2D eigenvalue weighted by Crippen LogP contribution is 2.14. The Balaban J connectivity index is 1.88. The molecule has 2 N–H and O–H groups in total. The van der Waals surface area contributed by atoms with E-state index < -0.39 is 0 Å². The highest BCUT2D eigenvalue weighted by atomic mass is 16.1. The Morgan fingerprint density at radius 3 is 2.59 bits per heavy atom. The van der Waals surface area contributed by atoms with Crippen molar-refractivity contribution in [2.45, 2.75) is 25.9 Å². The van der Waals surface area contributed by atoms with Crippen molar-refractivity contribution in [2.75, 3.05) is 0 Å². The van der Waals surface area contributed by atoms with Crippen molar-refractivity contribution in [1.29, 1.82) is 0 Å². The molecule has 1 heterocycles. The first-order valence-electron chi connectivity index (χ1n) is 7.48. The maximum Gasteiger partial charge on any atom is 0.274 e. The minimum atomic E-state index is -0.253. The lowest BCUT2D eigenvalue weighted by atomic mass is 10.0. The zero-order valence-electron chi connectivity index (χ0n) is 12.6. The lowest BCUT2D eigenvalue weighted by Crippen LogP contribution is -2.28. The van der Waals surface area contributed by atoms with E-state index in [-0.39, 0.29) is 11.6 Å². The zero-order valence-corrected chi connectivity index (χ0v) is 12.6. The molecule has 4 nitrogen and oxygen atoms in total. The molecular weight excluding hydrogens is 274 g/mol. The van der Waals surface area contributed by atoms with E-state index in [1.54, 1.807) is 6.20 Å². The van der Waals surface area contributed by atoms with Gasteiger partial charge in [-0.15, -0.1) is 0 Å². The van der Waals surface area contributed by atoms with Gasteiger partial charge in [0.2, 0.25) is 0 Å². The van der Waals surface area contributed by atoms with E-state index in [1.807, 2.05) is 36.4 Å². The number of rotatable bonds is 4. The van der Waals surface area contributed by atoms with Crippen molar-refractivity contribution in [3.8, 4) is 0 Å². The molecule has 1 unspecified atom stereocenters. The second kappa shape index (κ2) is 6.12. The van der Waals surface area contributed by atoms with Crippen molar-refractivity contribution in [3.05, 3.63) is 76.2 Å². The zero-order chi connectivity index (χ0) is 15.5. The third kappa shape index (κ3) is 2.78. The van der Waals surface area contributed by atoms with Gasteiger partial charge in [-0.3, -0.25) is 4.79 Å². The molecule has 3 aromatic rings. The van der Waals surface area contributed by atoms with Crippen molar-refractivity contribution in [2.24, 2.45) is 5.73 Å². The summed E-state index contributed by atoms with van der Waals surface area (Å²) in [6.07, 6.45) is 2.71. The Hall–Kier alpha value is -2.46. The van der Waals surface area contributed by atoms with Crippen LogP contribution in [-0.2, 0) is 13.0 Å². The lowest BCUT2D eigenvalue weighted by molar-refractivity contribution is 0.508. The van der Waals surface area contributed by atoms with Crippen LogP contribution in [0.4, 0.5) is 0 Å². The molecule has 3 rings (SSSR count). The molecule has 0 fully saturated rings. The Labute approximate surface area is 129 Å². The van der Waals surface area contributed by atoms with Gasteiger partial charge < -0.3 is 5.73 Å². The number of aryl methyl sites for hydroxylation is 1. The topological polar surface area (TPSA) is 60.9 Å². The van der Waals surface area contributed by atoms with E-state index in [2.05, 4.69) is 24.2 Å². The molecule has 4 heteroatoms. The molecule has 0 amide bonds. The summed E-state index contributed by atoms with van der Waals surface area (Å²) in [6.45, 7) is 2.49. The van der Waals surface area contributed by atoms with Crippen molar-refractivity contribution in [1.82, 2.24) is 9.78 Å². The molecular formula is C18H19N3O. The number of nitrogens with zero attached hydrogens (tertiary/aromatic N) is 2. The first-order valence-corrected chi connectivity index (χ1v) is 7.48. The molecule has 0 saturated carbocycles. The highest BCUT2D eigenvalue weighted by molar-refractivity contribution is 5.80. The van der Waals surface area contributed by atoms with Gasteiger partial charge in [-0.2, -0.15) is 5.10 Å². The summed E-state index contributed by atoms with van der Waals surface area (Å²) >= 11 is 0. The summed E-state index contributed by atoms with van der Waals surface area (Å²) in [7, 11) is 0. The average molecular weight is 293 g/mol. The molecule has 0 bridgehead atoms. The van der Waals surface area contributed by atoms with E-state index in [1.165, 1.54) is 10.2 Å². The van der Waals surface area contributed by atoms with Crippen LogP contribution in [0.1, 0.15) is 24.1 Å². The maximum absolute atomic E-state index is 12.4. The van der Waals surface area contributed by atoms with Gasteiger partial charge >= 0.3 is 0 Å². The third-order valence-electron chi connectivity index (χ3n) is 3.95. The predicted molar refractivity (Wildman–Crippen MR) is 88.8 cm³/mol. The van der Waals surface area contributed by atoms with Crippen LogP contribution in [0, 0.1) is 0 Å². The van der Waals surface area contributed by atoms with E-state index in [4.69, 9.17) is 5.73 Å². The minimum Gasteiger partial charge on any atom is -0.322 e. The van der Waals surface area contributed by atoms with Gasteiger partial charge in [0, 0.05) is 11.4 Å². The normalized spacial score (nSPS) is 12.5. The van der Waals surface area contributed by atoms with Crippen LogP contribution in [0.25, 0.3) is 10.8 Å². The number of nitrogens with two attached hydrogens (primary N) is 1. The first kappa shape index (κ1) is 14.5. The van der Waals surface area contributed by atoms with E-state index in [0.717, 1.165) is 17.4 Å². The summed E-state index contributed by atoms with van der Waals surface area (Å²) < 4.78 is 1.45. The second-order valence-electron chi connectivity index (χ2n) is 5.42. The monoisotopic (exact) mass is 293 g/mol. The van der Waals surface area contributed by atoms with E-state index in [9.17, 15) is 4.79 Å². The van der Waals surface area contributed by atoms with Crippen LogP contribution in [-0.4, -0.2) is 9.78 Å². The number of fused-ring (bicyclic) bond motifs is 1. The van der Waals surface area contributed by atoms with Crippen molar-refractivity contribution < 1.29 is 0 Å². The fourth-order valence-electron chi connectivity index (χ4n) is 2.55. The third-order valence-corrected chi connectivity index (χ3v) is 3.95. The van der Waals surface area contributed by atoms with Gasteiger partial charge in [0.1, 0.15) is 0 Å². The van der Waals surface area contributed by atoms with E-state index >= 15 is 0 Å². The first-order chi connectivity index (χ1) is 10.7. The van der Waals surface area contributed by atoms with Gasteiger partial charge in [-0.25, -0.2) is 4.68 Å². The highest BCUT2D eigenvalue weighted by Gasteiger charge is 2.10. The molecule has 0 aliphatic heterocycles. The van der Waals surface area contributed by atoms with Gasteiger partial charge in [0.25, 0.3) is 5.56 Å². The molecule has 1 atom stereocenters. The van der Waals surface area contributed by atoms with E-state index in [0.29, 0.717) is 11.9 Å². The lowest BCUT2D eigenvalue weighted by Gasteiger charge is -2.14. The fourth-order valence-corrected chi connectivity index (χ4v) is 2.55. The Morgan fingerprint density at radius 2 is 1.86 bits per heavy atom. The smallest absolute Gasteiger partial charge is 0.274 e. The molecule has 0 radical (unpaired) electrons. The van der Waals surface area contributed by atoms with Crippen LogP contribution in [0.5, 0.6) is 0 Å². The maximum atomic E-state index is 12.4. The Morgan fingerprint density at radius 1 is 1.14 bits per heavy atom. The predicted octanol–water partition coefficient (Wildman–Crippen LogP) is 2.66. The Bertz CT molecular complexity index is 837. The van der Waals surface area contributed by atoms with Gasteiger partial charge in [0.15, 0.2) is 0 Å². The second-order valence-corrected chi connectivity index (χ2v) is 5.42. The molecule has 0 aliphatic carbocycles. The van der Waals surface area contributed by atoms with Crippen molar-refractivity contribution in [3.63, 3.8) is 0 Å². The average Bonchev–Trinajstić information content (AvgIpc) is 2.57. The summed E-state index contributed by atoms with van der Waals surface area (Å²) in [6, 6.07) is 15.4. The van der Waals surface area contributed by atoms with Crippen LogP contribution < -0.4 is 11.3 Å². The fraction of sp³-hybridized carbons (Fsp3) is 0.222. The standard InChI is InChI=1S/C18H19N3O/c1-2-13-7-9-14(10-8-13)17(19)12-21-18(22)16-6-4-3-5-15(16)11-20-21/h3-11,17H,2,12,19H2,1H3. The summed E-state index contributed by atoms with van der Waals surface area (Å²) in [5.41, 5.74) is 8.42. The number of benzene rings is 2. The molecule has 112 valence electrons. The quantitative estimate of drug-likeness (QED) is 0.804. The van der Waals surface area contributed by atoms with Crippen LogP contribution in [0.3, 0.4) is 0 Å². The van der Waals surface area contributed by atoms with Gasteiger partial charge in [0.05, 0.1) is 18.1 Å². The van der Waals surface area contributed by atoms with Crippen molar-refractivity contribution >= 4 is 10.8 Å². The molecule has 22 heavy (non-hydrogen) atoms. The number of hydrogen-bond donors (Lipinski definition) is 1. The molecule has 0 aliphatic rings. The molecule has 2 aromatic carbocycles. The number of hydrogen-bond acceptors (Lipinski definition) is 3. The summed E-state index contributed by atoms with van der Waals surface area (Å²) in [5, 5.41) is 5.75. The largest absolute Gasteiger partial charge is 0.322 e. The molecule has 0 saturated heterocycles. The summed E-state index contributed by atoms with van der Waals surface area (Å²) in [5.74, 6) is 0. The number of aromatic nitrogens is 2. The minimum absolute atomic E-state index is 0.0984. The van der Waals surface area contributed by atoms with Gasteiger partial charge in [-0.05, 0) is 23.6 Å². The van der Waals surface area contributed by atoms with Crippen LogP contribution >= 0.6 is 0 Å². The van der Waals surface area contributed by atoms with Crippen LogP contribution in [0.2, 0.25) is 0 Å². The van der Waals surface area contributed by atoms with Crippen LogP contribution in [0.15, 0.2) is 59.5 Å². The molecule has 0 spiro atoms.